The van der Waals surface area contributed by atoms with Crippen LogP contribution in [0.5, 0.6) is 11.5 Å². The number of hydrogen-bond donors (Lipinski definition) is 2. The van der Waals surface area contributed by atoms with E-state index >= 15 is 0 Å². The first-order chi connectivity index (χ1) is 10.2. The molecule has 4 nitrogen and oxygen atoms in total. The number of nitrogens with two attached hydrogens (primary N) is 1. The highest BCUT2D eigenvalue weighted by Gasteiger charge is 2.14. The van der Waals surface area contributed by atoms with Crippen molar-refractivity contribution in [2.75, 3.05) is 0 Å². The van der Waals surface area contributed by atoms with Gasteiger partial charge in [-0.05, 0) is 54.7 Å². The third kappa shape index (κ3) is 2.81. The first-order valence-electron chi connectivity index (χ1n) is 6.74. The summed E-state index contributed by atoms with van der Waals surface area (Å²) < 4.78 is 5.88. The van der Waals surface area contributed by atoms with E-state index in [-0.39, 0.29) is 5.84 Å². The fourth-order valence-corrected chi connectivity index (χ4v) is 2.75. The van der Waals surface area contributed by atoms with Crippen molar-refractivity contribution in [2.45, 2.75) is 19.3 Å². The molecule has 1 aliphatic rings. The molecule has 2 aromatic rings. The van der Waals surface area contributed by atoms with Crippen molar-refractivity contribution in [3.8, 4) is 11.5 Å². The zero-order valence-corrected chi connectivity index (χ0v) is 12.1. The molecule has 5 heteroatoms. The monoisotopic (exact) mass is 302 g/mol. The first-order valence-corrected chi connectivity index (χ1v) is 7.12. The quantitative estimate of drug-likeness (QED) is 0.393. The van der Waals surface area contributed by atoms with Crippen LogP contribution in [0.1, 0.15) is 23.1 Å². The van der Waals surface area contributed by atoms with E-state index in [0.717, 1.165) is 18.6 Å². The molecule has 0 bridgehead atoms. The van der Waals surface area contributed by atoms with Crippen molar-refractivity contribution in [1.29, 1.82) is 0 Å². The van der Waals surface area contributed by atoms with Gasteiger partial charge < -0.3 is 15.7 Å². The van der Waals surface area contributed by atoms with E-state index in [1.807, 2.05) is 12.1 Å². The van der Waals surface area contributed by atoms with E-state index in [0.29, 0.717) is 16.3 Å². The summed E-state index contributed by atoms with van der Waals surface area (Å²) in [6.07, 6.45) is 3.39. The fourth-order valence-electron chi connectivity index (χ4n) is 2.58. The summed E-state index contributed by atoms with van der Waals surface area (Å²) in [6, 6.07) is 11.1. The number of ether oxygens (including phenoxy) is 1. The van der Waals surface area contributed by atoms with E-state index in [4.69, 9.17) is 27.3 Å². The molecule has 0 atom stereocenters. The lowest BCUT2D eigenvalue weighted by atomic mass is 10.1. The number of benzene rings is 2. The molecule has 0 aromatic heterocycles. The minimum Gasteiger partial charge on any atom is -0.457 e. The summed E-state index contributed by atoms with van der Waals surface area (Å²) in [5, 5.41) is 12.4. The van der Waals surface area contributed by atoms with Crippen LogP contribution in [0.25, 0.3) is 0 Å². The molecule has 2 aromatic carbocycles. The Morgan fingerprint density at radius 3 is 2.76 bits per heavy atom. The van der Waals surface area contributed by atoms with Crippen LogP contribution in [0.4, 0.5) is 0 Å². The van der Waals surface area contributed by atoms with Crippen LogP contribution in [0.3, 0.4) is 0 Å². The lowest BCUT2D eigenvalue weighted by Crippen LogP contribution is -2.14. The van der Waals surface area contributed by atoms with Crippen LogP contribution in [-0.2, 0) is 12.8 Å². The molecule has 108 valence electrons. The van der Waals surface area contributed by atoms with Crippen molar-refractivity contribution in [3.05, 3.63) is 58.1 Å². The molecule has 0 unspecified atom stereocenters. The highest BCUT2D eigenvalue weighted by Crippen LogP contribution is 2.31. The van der Waals surface area contributed by atoms with Crippen molar-refractivity contribution < 1.29 is 9.94 Å². The van der Waals surface area contributed by atoms with Gasteiger partial charge in [0.15, 0.2) is 5.84 Å². The molecule has 0 amide bonds. The van der Waals surface area contributed by atoms with E-state index in [1.165, 1.54) is 17.5 Å². The first kappa shape index (κ1) is 13.8. The Labute approximate surface area is 127 Å². The second-order valence-corrected chi connectivity index (χ2v) is 5.45. The Bertz CT molecular complexity index is 713. The lowest BCUT2D eigenvalue weighted by molar-refractivity contribution is 0.318. The number of fused-ring (bicyclic) bond motifs is 1. The van der Waals surface area contributed by atoms with Gasteiger partial charge in [-0.2, -0.15) is 0 Å². The van der Waals surface area contributed by atoms with Crippen molar-refractivity contribution in [3.63, 3.8) is 0 Å². The van der Waals surface area contributed by atoms with Crippen LogP contribution in [0.15, 0.2) is 41.6 Å². The fraction of sp³-hybridized carbons (Fsp3) is 0.188. The molecule has 0 heterocycles. The molecular weight excluding hydrogens is 288 g/mol. The predicted molar refractivity (Wildman–Crippen MR) is 82.5 cm³/mol. The number of aryl methyl sites for hydroxylation is 2. The Hall–Kier alpha value is -2.20. The van der Waals surface area contributed by atoms with Gasteiger partial charge in [0.05, 0.1) is 5.56 Å². The Kier molecular flexibility index (Phi) is 3.71. The van der Waals surface area contributed by atoms with Crippen LogP contribution >= 0.6 is 11.6 Å². The lowest BCUT2D eigenvalue weighted by Gasteiger charge is -2.12. The molecule has 1 aliphatic carbocycles. The van der Waals surface area contributed by atoms with E-state index in [9.17, 15) is 0 Å². The zero-order valence-electron chi connectivity index (χ0n) is 11.3. The topological polar surface area (TPSA) is 67.8 Å². The third-order valence-electron chi connectivity index (χ3n) is 3.63. The van der Waals surface area contributed by atoms with Gasteiger partial charge in [0.1, 0.15) is 11.5 Å². The molecule has 3 N–H and O–H groups in total. The Morgan fingerprint density at radius 2 is 1.95 bits per heavy atom. The van der Waals surface area contributed by atoms with Gasteiger partial charge in [0, 0.05) is 11.1 Å². The number of oxime groups is 1. The molecule has 0 saturated heterocycles. The average Bonchev–Trinajstić information content (AvgIpc) is 2.94. The SMILES string of the molecule is NC(=NO)c1ccc(Cl)cc1Oc1ccc2c(c1)CCC2. The Balaban J connectivity index is 1.96. The zero-order chi connectivity index (χ0) is 14.8. The second kappa shape index (κ2) is 5.66. The molecule has 0 fully saturated rings. The van der Waals surface area contributed by atoms with Gasteiger partial charge in [-0.1, -0.05) is 22.8 Å². The molecular formula is C16H15ClN2O2. The van der Waals surface area contributed by atoms with Crippen LogP contribution in [0, 0.1) is 0 Å². The highest BCUT2D eigenvalue weighted by atomic mass is 35.5. The minimum atomic E-state index is -0.0113. The summed E-state index contributed by atoms with van der Waals surface area (Å²) in [6.45, 7) is 0. The minimum absolute atomic E-state index is 0.0113. The average molecular weight is 303 g/mol. The summed E-state index contributed by atoms with van der Waals surface area (Å²) in [7, 11) is 0. The highest BCUT2D eigenvalue weighted by molar-refractivity contribution is 6.30. The van der Waals surface area contributed by atoms with E-state index in [1.54, 1.807) is 18.2 Å². The number of rotatable bonds is 3. The standard InChI is InChI=1S/C16H15ClN2O2/c17-12-5-7-14(16(18)19-20)15(9-12)21-13-6-4-10-2-1-3-11(10)8-13/h4-9,20H,1-3H2,(H2,18,19). The summed E-state index contributed by atoms with van der Waals surface area (Å²) in [4.78, 5) is 0. The summed E-state index contributed by atoms with van der Waals surface area (Å²) in [5.41, 5.74) is 8.87. The number of halogens is 1. The van der Waals surface area contributed by atoms with Crippen LogP contribution in [0.2, 0.25) is 5.02 Å². The van der Waals surface area contributed by atoms with Crippen molar-refractivity contribution >= 4 is 17.4 Å². The second-order valence-electron chi connectivity index (χ2n) is 5.01. The number of nitrogens with zero attached hydrogens (tertiary/aromatic N) is 1. The summed E-state index contributed by atoms with van der Waals surface area (Å²) in [5.74, 6) is 1.18. The molecule has 0 radical (unpaired) electrons. The van der Waals surface area contributed by atoms with E-state index < -0.39 is 0 Å². The van der Waals surface area contributed by atoms with Gasteiger partial charge in [-0.25, -0.2) is 0 Å². The number of hydrogen-bond acceptors (Lipinski definition) is 3. The molecule has 3 rings (SSSR count). The molecule has 21 heavy (non-hydrogen) atoms. The largest absolute Gasteiger partial charge is 0.457 e. The molecule has 0 aliphatic heterocycles. The summed E-state index contributed by atoms with van der Waals surface area (Å²) >= 11 is 6.00. The smallest absolute Gasteiger partial charge is 0.173 e. The normalized spacial score (nSPS) is 14.0. The maximum absolute atomic E-state index is 8.85. The third-order valence-corrected chi connectivity index (χ3v) is 3.86. The Morgan fingerprint density at radius 1 is 1.14 bits per heavy atom. The van der Waals surface area contributed by atoms with Gasteiger partial charge in [-0.3, -0.25) is 0 Å². The molecule has 0 saturated carbocycles. The number of amidine groups is 1. The van der Waals surface area contributed by atoms with E-state index in [2.05, 4.69) is 11.2 Å². The van der Waals surface area contributed by atoms with Gasteiger partial charge in [0.2, 0.25) is 0 Å². The van der Waals surface area contributed by atoms with Gasteiger partial charge in [-0.15, -0.1) is 0 Å². The van der Waals surface area contributed by atoms with Crippen LogP contribution in [-0.4, -0.2) is 11.0 Å². The maximum atomic E-state index is 8.85. The van der Waals surface area contributed by atoms with Crippen LogP contribution < -0.4 is 10.5 Å². The van der Waals surface area contributed by atoms with Gasteiger partial charge >= 0.3 is 0 Å². The van der Waals surface area contributed by atoms with Crippen molar-refractivity contribution in [2.24, 2.45) is 10.9 Å². The maximum Gasteiger partial charge on any atom is 0.173 e. The van der Waals surface area contributed by atoms with Gasteiger partial charge in [0.25, 0.3) is 0 Å². The van der Waals surface area contributed by atoms with Crippen molar-refractivity contribution in [1.82, 2.24) is 0 Å². The predicted octanol–water partition coefficient (Wildman–Crippen LogP) is 3.72. The molecule has 0 spiro atoms.